The molecule has 5 heteroatoms. The Morgan fingerprint density at radius 1 is 1.00 bits per heavy atom. The molecule has 4 nitrogen and oxygen atoms in total. The third-order valence-electron chi connectivity index (χ3n) is 3.76. The molecule has 0 N–H and O–H groups in total. The molecule has 24 heavy (non-hydrogen) atoms. The number of hydrogen-bond acceptors (Lipinski definition) is 4. The molecule has 122 valence electrons. The maximum Gasteiger partial charge on any atom is 0.338 e. The summed E-state index contributed by atoms with van der Waals surface area (Å²) in [6.07, 6.45) is 0. The molecule has 0 aliphatic carbocycles. The summed E-state index contributed by atoms with van der Waals surface area (Å²) in [6, 6.07) is 14.8. The molecule has 0 aliphatic rings. The number of Topliss-reactive ketones (excluding diaryl/α,β-unsaturated/α-hetero) is 1. The average molecular weight is 339 g/mol. The molecule has 1 aromatic carbocycles. The summed E-state index contributed by atoms with van der Waals surface area (Å²) in [7, 11) is 0. The molecule has 0 fully saturated rings. The summed E-state index contributed by atoms with van der Waals surface area (Å²) in [5, 5.41) is 1.82. The molecule has 2 aromatic heterocycles. The highest BCUT2D eigenvalue weighted by Gasteiger charge is 2.13. The zero-order chi connectivity index (χ0) is 17.1. The van der Waals surface area contributed by atoms with Gasteiger partial charge in [0.05, 0.1) is 10.4 Å². The molecule has 0 saturated heterocycles. The highest BCUT2D eigenvalue weighted by atomic mass is 32.1. The van der Waals surface area contributed by atoms with Crippen molar-refractivity contribution in [3.63, 3.8) is 0 Å². The van der Waals surface area contributed by atoms with Gasteiger partial charge in [0, 0.05) is 17.1 Å². The van der Waals surface area contributed by atoms with Gasteiger partial charge in [0.1, 0.15) is 0 Å². The molecule has 0 aliphatic heterocycles. The van der Waals surface area contributed by atoms with Gasteiger partial charge in [-0.2, -0.15) is 0 Å². The summed E-state index contributed by atoms with van der Waals surface area (Å²) in [5.74, 6) is -0.680. The van der Waals surface area contributed by atoms with E-state index in [0.29, 0.717) is 10.4 Å². The summed E-state index contributed by atoms with van der Waals surface area (Å²) in [5.41, 5.74) is 3.68. The van der Waals surface area contributed by atoms with Crippen molar-refractivity contribution >= 4 is 23.1 Å². The van der Waals surface area contributed by atoms with Crippen LogP contribution in [0.4, 0.5) is 0 Å². The minimum atomic E-state index is -0.493. The fraction of sp³-hybridized carbons (Fsp3) is 0.158. The number of carbonyl (C=O) groups is 2. The first-order valence-electron chi connectivity index (χ1n) is 7.55. The van der Waals surface area contributed by atoms with Crippen molar-refractivity contribution in [2.45, 2.75) is 13.8 Å². The number of ether oxygens (including phenoxy) is 1. The molecule has 0 spiro atoms. The summed E-state index contributed by atoms with van der Waals surface area (Å²) in [4.78, 5) is 24.5. The number of aromatic nitrogens is 1. The van der Waals surface area contributed by atoms with Crippen molar-refractivity contribution in [2.24, 2.45) is 0 Å². The van der Waals surface area contributed by atoms with E-state index in [1.165, 1.54) is 11.3 Å². The first-order chi connectivity index (χ1) is 11.6. The van der Waals surface area contributed by atoms with Gasteiger partial charge in [-0.1, -0.05) is 6.07 Å². The molecule has 0 bridgehead atoms. The first-order valence-corrected chi connectivity index (χ1v) is 8.43. The lowest BCUT2D eigenvalue weighted by atomic mass is 10.2. The van der Waals surface area contributed by atoms with Crippen LogP contribution in [-0.4, -0.2) is 22.9 Å². The van der Waals surface area contributed by atoms with Gasteiger partial charge in [-0.3, -0.25) is 4.79 Å². The number of nitrogens with zero attached hydrogens (tertiary/aromatic N) is 1. The Morgan fingerprint density at radius 3 is 2.25 bits per heavy atom. The second kappa shape index (κ2) is 6.84. The van der Waals surface area contributed by atoms with Gasteiger partial charge in [0.2, 0.25) is 5.78 Å². The fourth-order valence-electron chi connectivity index (χ4n) is 2.55. The fourth-order valence-corrected chi connectivity index (χ4v) is 3.20. The van der Waals surface area contributed by atoms with E-state index in [1.54, 1.807) is 24.3 Å². The highest BCUT2D eigenvalue weighted by molar-refractivity contribution is 7.12. The normalized spacial score (nSPS) is 10.6. The molecule has 3 aromatic rings. The van der Waals surface area contributed by atoms with Crippen molar-refractivity contribution in [1.82, 2.24) is 4.57 Å². The topological polar surface area (TPSA) is 48.3 Å². The van der Waals surface area contributed by atoms with Gasteiger partial charge in [0.15, 0.2) is 6.61 Å². The van der Waals surface area contributed by atoms with Gasteiger partial charge >= 0.3 is 5.97 Å². The average Bonchev–Trinajstić information content (AvgIpc) is 3.23. The Hall–Kier alpha value is -2.66. The zero-order valence-corrected chi connectivity index (χ0v) is 14.3. The summed E-state index contributed by atoms with van der Waals surface area (Å²) in [6.45, 7) is 3.83. The van der Waals surface area contributed by atoms with E-state index in [9.17, 15) is 9.59 Å². The van der Waals surface area contributed by atoms with E-state index in [-0.39, 0.29) is 12.4 Å². The van der Waals surface area contributed by atoms with E-state index in [4.69, 9.17) is 4.74 Å². The lowest BCUT2D eigenvalue weighted by molar-refractivity contribution is 0.0476. The van der Waals surface area contributed by atoms with Gasteiger partial charge < -0.3 is 9.30 Å². The van der Waals surface area contributed by atoms with E-state index < -0.39 is 5.97 Å². The number of carbonyl (C=O) groups excluding carboxylic acids is 2. The predicted molar refractivity (Wildman–Crippen MR) is 94.2 cm³/mol. The number of ketones is 1. The molecule has 0 atom stereocenters. The van der Waals surface area contributed by atoms with Crippen LogP contribution in [0.2, 0.25) is 0 Å². The first kappa shape index (κ1) is 16.2. The Bertz CT molecular complexity index is 841. The number of hydrogen-bond donors (Lipinski definition) is 0. The minimum absolute atomic E-state index is 0.187. The molecule has 0 radical (unpaired) electrons. The lowest BCUT2D eigenvalue weighted by Crippen LogP contribution is -2.13. The minimum Gasteiger partial charge on any atom is -0.454 e. The molecule has 2 heterocycles. The second-order valence-corrected chi connectivity index (χ2v) is 6.42. The Morgan fingerprint density at radius 2 is 1.67 bits per heavy atom. The maximum absolute atomic E-state index is 12.1. The molecule has 3 rings (SSSR count). The standard InChI is InChI=1S/C19H17NO3S/c1-13-5-6-14(2)20(13)16-9-7-15(8-10-16)19(22)23-12-17(21)18-4-3-11-24-18/h3-11H,12H2,1-2H3. The zero-order valence-electron chi connectivity index (χ0n) is 13.5. The molecular formula is C19H17NO3S. The van der Waals surface area contributed by atoms with Crippen LogP contribution in [0.3, 0.4) is 0 Å². The third kappa shape index (κ3) is 3.31. The molecule has 0 amide bonds. The highest BCUT2D eigenvalue weighted by Crippen LogP contribution is 2.17. The monoisotopic (exact) mass is 339 g/mol. The van der Waals surface area contributed by atoms with Gasteiger partial charge in [0.25, 0.3) is 0 Å². The van der Waals surface area contributed by atoms with Crippen LogP contribution < -0.4 is 0 Å². The second-order valence-electron chi connectivity index (χ2n) is 5.47. The van der Waals surface area contributed by atoms with Crippen molar-refractivity contribution in [2.75, 3.05) is 6.61 Å². The quantitative estimate of drug-likeness (QED) is 0.517. The van der Waals surface area contributed by atoms with Crippen LogP contribution in [-0.2, 0) is 4.74 Å². The SMILES string of the molecule is Cc1ccc(C)n1-c1ccc(C(=O)OCC(=O)c2cccs2)cc1. The Balaban J connectivity index is 1.67. The van der Waals surface area contributed by atoms with Crippen LogP contribution in [0, 0.1) is 13.8 Å². The number of benzene rings is 1. The van der Waals surface area contributed by atoms with E-state index in [1.807, 2.05) is 43.5 Å². The molecule has 0 unspecified atom stereocenters. The van der Waals surface area contributed by atoms with Crippen LogP contribution in [0.5, 0.6) is 0 Å². The number of thiophene rings is 1. The van der Waals surface area contributed by atoms with E-state index in [2.05, 4.69) is 4.57 Å². The van der Waals surface area contributed by atoms with Crippen molar-refractivity contribution in [1.29, 1.82) is 0 Å². The van der Waals surface area contributed by atoms with Crippen LogP contribution in [0.25, 0.3) is 5.69 Å². The van der Waals surface area contributed by atoms with Gasteiger partial charge in [-0.05, 0) is 61.7 Å². The van der Waals surface area contributed by atoms with Crippen LogP contribution in [0.1, 0.15) is 31.4 Å². The van der Waals surface area contributed by atoms with Crippen LogP contribution in [0.15, 0.2) is 53.9 Å². The number of esters is 1. The van der Waals surface area contributed by atoms with Crippen molar-refractivity contribution in [3.05, 3.63) is 75.7 Å². The van der Waals surface area contributed by atoms with Gasteiger partial charge in [-0.15, -0.1) is 11.3 Å². The largest absolute Gasteiger partial charge is 0.454 e. The summed E-state index contributed by atoms with van der Waals surface area (Å²) >= 11 is 1.34. The molecule has 0 saturated carbocycles. The van der Waals surface area contributed by atoms with Crippen LogP contribution >= 0.6 is 11.3 Å². The smallest absolute Gasteiger partial charge is 0.338 e. The van der Waals surface area contributed by atoms with Crippen molar-refractivity contribution < 1.29 is 14.3 Å². The summed E-state index contributed by atoms with van der Waals surface area (Å²) < 4.78 is 7.21. The predicted octanol–water partition coefficient (Wildman–Crippen LogP) is 4.20. The number of rotatable bonds is 5. The Labute approximate surface area is 144 Å². The maximum atomic E-state index is 12.1. The van der Waals surface area contributed by atoms with Crippen molar-refractivity contribution in [3.8, 4) is 5.69 Å². The van der Waals surface area contributed by atoms with E-state index in [0.717, 1.165) is 17.1 Å². The van der Waals surface area contributed by atoms with E-state index >= 15 is 0 Å². The number of aryl methyl sites for hydroxylation is 2. The lowest BCUT2D eigenvalue weighted by Gasteiger charge is -2.10. The third-order valence-corrected chi connectivity index (χ3v) is 4.67. The molecular weight excluding hydrogens is 322 g/mol. The van der Waals surface area contributed by atoms with Gasteiger partial charge in [-0.25, -0.2) is 4.79 Å². The Kier molecular flexibility index (Phi) is 4.62.